The highest BCUT2D eigenvalue weighted by Crippen LogP contribution is 2.36. The molecule has 0 atom stereocenters. The summed E-state index contributed by atoms with van der Waals surface area (Å²) in [5.74, 6) is 0. The summed E-state index contributed by atoms with van der Waals surface area (Å²) in [6.45, 7) is 2.80. The summed E-state index contributed by atoms with van der Waals surface area (Å²) in [4.78, 5) is 18.7. The fourth-order valence-corrected chi connectivity index (χ4v) is 3.74. The van der Waals surface area contributed by atoms with E-state index in [0.717, 1.165) is 40.2 Å². The molecule has 0 spiro atoms. The molecule has 1 aromatic heterocycles. The molecule has 2 heterocycles. The Kier molecular flexibility index (Phi) is 5.67. The highest BCUT2D eigenvalue weighted by atomic mass is 19.4. The molecule has 4 rings (SSSR count). The second-order valence-electron chi connectivity index (χ2n) is 7.29. The first-order valence-electron chi connectivity index (χ1n) is 10.0. The van der Waals surface area contributed by atoms with Crippen LogP contribution in [-0.2, 0) is 23.9 Å². The number of ether oxygens (including phenoxy) is 1. The van der Waals surface area contributed by atoms with E-state index in [0.29, 0.717) is 25.1 Å². The van der Waals surface area contributed by atoms with Crippen LogP contribution in [0.25, 0.3) is 22.4 Å². The van der Waals surface area contributed by atoms with Crippen molar-refractivity contribution in [2.45, 2.75) is 26.1 Å². The van der Waals surface area contributed by atoms with Crippen LogP contribution in [0.5, 0.6) is 0 Å². The lowest BCUT2D eigenvalue weighted by molar-refractivity contribution is -0.137. The Hall–Kier alpha value is -3.35. The summed E-state index contributed by atoms with van der Waals surface area (Å²) in [6, 6.07) is 16.6. The van der Waals surface area contributed by atoms with Crippen LogP contribution >= 0.6 is 0 Å². The Balaban J connectivity index is 1.81. The van der Waals surface area contributed by atoms with Crippen molar-refractivity contribution in [1.29, 1.82) is 0 Å². The third kappa shape index (κ3) is 4.40. The maximum Gasteiger partial charge on any atom is 0.416 e. The highest BCUT2D eigenvalue weighted by Gasteiger charge is 2.31. The van der Waals surface area contributed by atoms with Crippen LogP contribution in [0.2, 0.25) is 0 Å². The number of hydrogen-bond acceptors (Lipinski definition) is 3. The number of nitrogens with zero attached hydrogens (tertiary/aromatic N) is 2. The van der Waals surface area contributed by atoms with Crippen LogP contribution in [0.15, 0.2) is 60.7 Å². The monoisotopic (exact) mass is 426 g/mol. The van der Waals surface area contributed by atoms with E-state index in [1.54, 1.807) is 11.8 Å². The molecule has 0 N–H and O–H groups in total. The van der Waals surface area contributed by atoms with Crippen molar-refractivity contribution in [2.75, 3.05) is 13.2 Å². The fourth-order valence-electron chi connectivity index (χ4n) is 3.74. The second-order valence-corrected chi connectivity index (χ2v) is 7.29. The van der Waals surface area contributed by atoms with Crippen LogP contribution in [-0.4, -0.2) is 29.1 Å². The van der Waals surface area contributed by atoms with Gasteiger partial charge in [0.2, 0.25) is 0 Å². The van der Waals surface area contributed by atoms with Gasteiger partial charge in [-0.1, -0.05) is 42.5 Å². The molecule has 1 aliphatic heterocycles. The highest BCUT2D eigenvalue weighted by molar-refractivity contribution is 5.76. The zero-order chi connectivity index (χ0) is 22.0. The van der Waals surface area contributed by atoms with Crippen LogP contribution in [0.4, 0.5) is 18.0 Å². The van der Waals surface area contributed by atoms with Crippen molar-refractivity contribution >= 4 is 6.09 Å². The first kappa shape index (κ1) is 20.9. The Morgan fingerprint density at radius 2 is 1.77 bits per heavy atom. The number of benzene rings is 2. The minimum atomic E-state index is -4.40. The number of fused-ring (bicyclic) bond motifs is 1. The number of aromatic nitrogens is 1. The van der Waals surface area contributed by atoms with Crippen molar-refractivity contribution in [3.8, 4) is 22.4 Å². The predicted octanol–water partition coefficient (Wildman–Crippen LogP) is 5.95. The molecule has 1 amide bonds. The van der Waals surface area contributed by atoms with Gasteiger partial charge in [0.15, 0.2) is 0 Å². The smallest absolute Gasteiger partial charge is 0.416 e. The van der Waals surface area contributed by atoms with E-state index < -0.39 is 17.8 Å². The number of alkyl halides is 3. The summed E-state index contributed by atoms with van der Waals surface area (Å²) in [7, 11) is 0. The van der Waals surface area contributed by atoms with E-state index in [-0.39, 0.29) is 6.61 Å². The Bertz CT molecular complexity index is 1080. The standard InChI is InChI=1S/C24H21F3N2O2/c1-2-31-23(30)29-13-12-21-20(15-29)19(14-22(28-21)17-6-4-3-5-7-17)16-8-10-18(11-9-16)24(25,26)27/h3-11,14H,2,12-13,15H2,1H3. The Labute approximate surface area is 178 Å². The number of carbonyl (C=O) groups is 1. The zero-order valence-electron chi connectivity index (χ0n) is 16.9. The normalized spacial score (nSPS) is 13.6. The topological polar surface area (TPSA) is 42.4 Å². The molecule has 0 saturated heterocycles. The van der Waals surface area contributed by atoms with E-state index in [2.05, 4.69) is 0 Å². The molecule has 160 valence electrons. The van der Waals surface area contributed by atoms with E-state index in [1.807, 2.05) is 36.4 Å². The van der Waals surface area contributed by atoms with Gasteiger partial charge in [-0.3, -0.25) is 4.98 Å². The Morgan fingerprint density at radius 1 is 1.06 bits per heavy atom. The third-order valence-electron chi connectivity index (χ3n) is 5.30. The molecule has 31 heavy (non-hydrogen) atoms. The van der Waals surface area contributed by atoms with Gasteiger partial charge in [0, 0.05) is 29.8 Å². The lowest BCUT2D eigenvalue weighted by Gasteiger charge is -2.29. The zero-order valence-corrected chi connectivity index (χ0v) is 16.9. The number of rotatable bonds is 3. The maximum absolute atomic E-state index is 13.0. The van der Waals surface area contributed by atoms with Crippen LogP contribution in [0.1, 0.15) is 23.7 Å². The summed E-state index contributed by atoms with van der Waals surface area (Å²) >= 11 is 0. The molecule has 0 radical (unpaired) electrons. The Morgan fingerprint density at radius 3 is 2.42 bits per heavy atom. The van der Waals surface area contributed by atoms with Gasteiger partial charge < -0.3 is 9.64 Å². The van der Waals surface area contributed by atoms with Crippen molar-refractivity contribution in [1.82, 2.24) is 9.88 Å². The van der Waals surface area contributed by atoms with Gasteiger partial charge in [-0.05, 0) is 36.2 Å². The molecule has 7 heteroatoms. The van der Waals surface area contributed by atoms with Crippen molar-refractivity contribution in [3.05, 3.63) is 77.5 Å². The molecule has 0 aliphatic carbocycles. The second kappa shape index (κ2) is 8.41. The number of hydrogen-bond donors (Lipinski definition) is 0. The van der Waals surface area contributed by atoms with Gasteiger partial charge in [-0.25, -0.2) is 4.79 Å². The molecular formula is C24H21F3N2O2. The molecule has 4 nitrogen and oxygen atoms in total. The van der Waals surface area contributed by atoms with E-state index in [9.17, 15) is 18.0 Å². The molecular weight excluding hydrogens is 405 g/mol. The summed E-state index contributed by atoms with van der Waals surface area (Å²) < 4.78 is 44.2. The first-order valence-corrected chi connectivity index (χ1v) is 10.0. The predicted molar refractivity (Wildman–Crippen MR) is 111 cm³/mol. The van der Waals surface area contributed by atoms with Crippen LogP contribution in [0.3, 0.4) is 0 Å². The van der Waals surface area contributed by atoms with E-state index in [4.69, 9.17) is 9.72 Å². The van der Waals surface area contributed by atoms with Crippen LogP contribution in [0, 0.1) is 0 Å². The number of carbonyl (C=O) groups excluding carboxylic acids is 1. The molecule has 3 aromatic rings. The fraction of sp³-hybridized carbons (Fsp3) is 0.250. The average Bonchev–Trinajstić information content (AvgIpc) is 2.78. The van der Waals surface area contributed by atoms with Crippen LogP contribution < -0.4 is 0 Å². The molecule has 2 aromatic carbocycles. The van der Waals surface area contributed by atoms with Gasteiger partial charge >= 0.3 is 12.3 Å². The third-order valence-corrected chi connectivity index (χ3v) is 5.30. The lowest BCUT2D eigenvalue weighted by Crippen LogP contribution is -2.37. The van der Waals surface area contributed by atoms with Gasteiger partial charge in [0.1, 0.15) is 0 Å². The summed E-state index contributed by atoms with van der Waals surface area (Å²) in [6.07, 6.45) is -4.26. The lowest BCUT2D eigenvalue weighted by atomic mass is 9.92. The minimum absolute atomic E-state index is 0.277. The van der Waals surface area contributed by atoms with Gasteiger partial charge in [0.05, 0.1) is 24.4 Å². The van der Waals surface area contributed by atoms with Crippen molar-refractivity contribution in [2.24, 2.45) is 0 Å². The van der Waals surface area contributed by atoms with E-state index >= 15 is 0 Å². The average molecular weight is 426 g/mol. The van der Waals surface area contributed by atoms with Gasteiger partial charge in [-0.2, -0.15) is 13.2 Å². The molecule has 0 fully saturated rings. The number of pyridine rings is 1. The minimum Gasteiger partial charge on any atom is -0.450 e. The number of amides is 1. The SMILES string of the molecule is CCOC(=O)N1CCc2nc(-c3ccccc3)cc(-c3ccc(C(F)(F)F)cc3)c2C1. The van der Waals surface area contributed by atoms with Gasteiger partial charge in [-0.15, -0.1) is 0 Å². The van der Waals surface area contributed by atoms with Gasteiger partial charge in [0.25, 0.3) is 0 Å². The van der Waals surface area contributed by atoms with Crippen molar-refractivity contribution < 1.29 is 22.7 Å². The first-order chi connectivity index (χ1) is 14.9. The largest absolute Gasteiger partial charge is 0.450 e. The number of halogens is 3. The molecule has 0 bridgehead atoms. The molecule has 0 unspecified atom stereocenters. The molecule has 0 saturated carbocycles. The van der Waals surface area contributed by atoms with Crippen molar-refractivity contribution in [3.63, 3.8) is 0 Å². The molecule has 1 aliphatic rings. The summed E-state index contributed by atoms with van der Waals surface area (Å²) in [5, 5.41) is 0. The summed E-state index contributed by atoms with van der Waals surface area (Å²) in [5.41, 5.74) is 4.07. The van der Waals surface area contributed by atoms with E-state index in [1.165, 1.54) is 12.1 Å². The quantitative estimate of drug-likeness (QED) is 0.520. The maximum atomic E-state index is 13.0.